The van der Waals surface area contributed by atoms with Gasteiger partial charge in [0.1, 0.15) is 17.9 Å². The molecule has 36 heavy (non-hydrogen) atoms. The number of nitrogens with zero attached hydrogens (tertiary/aromatic N) is 2. The van der Waals surface area contributed by atoms with Crippen molar-refractivity contribution in [1.82, 2.24) is 4.98 Å². The number of carbonyl (C=O) groups excluding carboxylic acids is 2. The van der Waals surface area contributed by atoms with Crippen molar-refractivity contribution < 1.29 is 23.5 Å². The Morgan fingerprint density at radius 2 is 1.86 bits per heavy atom. The minimum absolute atomic E-state index is 0.00495. The number of methoxy groups -OCH3 is 1. The maximum Gasteiger partial charge on any atom is 0.302 e. The number of amides is 1. The van der Waals surface area contributed by atoms with E-state index in [9.17, 15) is 9.59 Å². The van der Waals surface area contributed by atoms with Gasteiger partial charge in [0.05, 0.1) is 24.2 Å². The van der Waals surface area contributed by atoms with Gasteiger partial charge >= 0.3 is 5.97 Å². The molecule has 0 aliphatic rings. The highest BCUT2D eigenvalue weighted by atomic mass is 127. The van der Waals surface area contributed by atoms with Crippen molar-refractivity contribution in [3.63, 3.8) is 0 Å². The number of carbonyl (C=O) groups is 2. The molecule has 4 rings (SSSR count). The first-order valence-corrected chi connectivity index (χ1v) is 12.1. The van der Waals surface area contributed by atoms with E-state index in [0.717, 1.165) is 9.13 Å². The Balaban J connectivity index is 1.91. The normalized spacial score (nSPS) is 11.4. The first-order chi connectivity index (χ1) is 17.2. The lowest BCUT2D eigenvalue weighted by Gasteiger charge is -2.13. The third-order valence-corrected chi connectivity index (χ3v) is 6.11. The van der Waals surface area contributed by atoms with Crippen LogP contribution in [0.1, 0.15) is 34.1 Å². The van der Waals surface area contributed by atoms with Gasteiger partial charge in [0, 0.05) is 27.6 Å². The zero-order chi connectivity index (χ0) is 25.8. The van der Waals surface area contributed by atoms with Gasteiger partial charge in [-0.2, -0.15) is 0 Å². The molecule has 184 valence electrons. The fourth-order valence-electron chi connectivity index (χ4n) is 3.57. The van der Waals surface area contributed by atoms with Gasteiger partial charge in [0.15, 0.2) is 5.58 Å². The molecule has 2 aromatic heterocycles. The van der Waals surface area contributed by atoms with Crippen LogP contribution in [-0.2, 0) is 16.1 Å². The lowest BCUT2D eigenvalue weighted by Crippen LogP contribution is -2.22. The van der Waals surface area contributed by atoms with E-state index in [1.54, 1.807) is 32.4 Å². The van der Waals surface area contributed by atoms with Crippen LogP contribution >= 0.6 is 22.6 Å². The number of pyridine rings is 1. The number of rotatable bonds is 6. The van der Waals surface area contributed by atoms with Crippen LogP contribution < -0.4 is 15.6 Å². The number of fused-ring (bicyclic) bond motifs is 1. The number of aryl methyl sites for hydroxylation is 2. The molecule has 0 unspecified atom stereocenters. The average molecular weight is 597 g/mol. The van der Waals surface area contributed by atoms with Crippen molar-refractivity contribution in [1.29, 1.82) is 0 Å². The highest BCUT2D eigenvalue weighted by Crippen LogP contribution is 2.27. The molecule has 2 heterocycles. The molecule has 0 saturated carbocycles. The highest BCUT2D eigenvalue weighted by molar-refractivity contribution is 14.1. The lowest BCUT2D eigenvalue weighted by atomic mass is 10.1. The van der Waals surface area contributed by atoms with Gasteiger partial charge in [-0.25, -0.2) is 4.99 Å². The Hall–Kier alpha value is -3.73. The minimum Gasteiger partial charge on any atom is -0.495 e. The summed E-state index contributed by atoms with van der Waals surface area (Å²) in [7, 11) is 1.54. The van der Waals surface area contributed by atoms with E-state index >= 15 is 0 Å². The number of hydrogen-bond acceptors (Lipinski definition) is 7. The van der Waals surface area contributed by atoms with E-state index in [0.29, 0.717) is 39.4 Å². The van der Waals surface area contributed by atoms with E-state index < -0.39 is 11.9 Å². The molecular weight excluding hydrogens is 573 g/mol. The minimum atomic E-state index is -0.429. The van der Waals surface area contributed by atoms with Crippen molar-refractivity contribution in [2.45, 2.75) is 27.4 Å². The molecule has 0 aliphatic carbocycles. The van der Waals surface area contributed by atoms with Crippen LogP contribution in [0.4, 0.5) is 11.4 Å². The second-order valence-corrected chi connectivity index (χ2v) is 9.35. The molecule has 9 heteroatoms. The topological polar surface area (TPSA) is 103 Å². The molecule has 0 bridgehead atoms. The summed E-state index contributed by atoms with van der Waals surface area (Å²) >= 11 is 2.21. The molecule has 4 aromatic rings. The maximum atomic E-state index is 13.6. The van der Waals surface area contributed by atoms with E-state index in [4.69, 9.17) is 13.9 Å². The molecule has 0 saturated heterocycles. The van der Waals surface area contributed by atoms with E-state index in [1.807, 2.05) is 43.3 Å². The van der Waals surface area contributed by atoms with Gasteiger partial charge in [-0.05, 0) is 84.5 Å². The van der Waals surface area contributed by atoms with Crippen molar-refractivity contribution in [2.75, 3.05) is 12.4 Å². The Morgan fingerprint density at radius 3 is 2.56 bits per heavy atom. The maximum absolute atomic E-state index is 13.6. The predicted molar refractivity (Wildman–Crippen MR) is 144 cm³/mol. The van der Waals surface area contributed by atoms with Gasteiger partial charge < -0.3 is 19.2 Å². The summed E-state index contributed by atoms with van der Waals surface area (Å²) in [6, 6.07) is 14.7. The average Bonchev–Trinajstić information content (AvgIpc) is 2.85. The summed E-state index contributed by atoms with van der Waals surface area (Å²) in [5.74, 6) is -0.324. The number of ether oxygens (including phenoxy) is 2. The first-order valence-electron chi connectivity index (χ1n) is 11.1. The predicted octanol–water partition coefficient (Wildman–Crippen LogP) is 5.61. The molecule has 1 amide bonds. The molecule has 0 fully saturated rings. The van der Waals surface area contributed by atoms with Gasteiger partial charge in [0.25, 0.3) is 5.91 Å². The van der Waals surface area contributed by atoms with Crippen molar-refractivity contribution >= 4 is 56.8 Å². The Bertz CT molecular complexity index is 1530. The van der Waals surface area contributed by atoms with Crippen molar-refractivity contribution in [2.24, 2.45) is 4.99 Å². The summed E-state index contributed by atoms with van der Waals surface area (Å²) in [5, 5.41) is 3.52. The van der Waals surface area contributed by atoms with Gasteiger partial charge in [-0.15, -0.1) is 0 Å². The van der Waals surface area contributed by atoms with Crippen LogP contribution in [0.5, 0.6) is 5.75 Å². The number of nitrogens with one attached hydrogen (secondary N) is 1. The second-order valence-electron chi connectivity index (χ2n) is 8.10. The van der Waals surface area contributed by atoms with E-state index in [-0.39, 0.29) is 17.7 Å². The summed E-state index contributed by atoms with van der Waals surface area (Å²) in [4.78, 5) is 34.0. The smallest absolute Gasteiger partial charge is 0.302 e. The zero-order valence-electron chi connectivity index (χ0n) is 20.2. The number of aromatic nitrogens is 1. The van der Waals surface area contributed by atoms with Crippen LogP contribution in [0.15, 0.2) is 64.1 Å². The van der Waals surface area contributed by atoms with Crippen LogP contribution in [0.3, 0.4) is 0 Å². The fraction of sp³-hybridized carbons (Fsp3) is 0.185. The van der Waals surface area contributed by atoms with Crippen molar-refractivity contribution in [3.8, 4) is 5.75 Å². The summed E-state index contributed by atoms with van der Waals surface area (Å²) in [6.07, 6.45) is 1.61. The van der Waals surface area contributed by atoms with Crippen LogP contribution in [0.2, 0.25) is 0 Å². The quantitative estimate of drug-likeness (QED) is 0.229. The number of anilines is 1. The number of halogens is 1. The van der Waals surface area contributed by atoms with Gasteiger partial charge in [-0.3, -0.25) is 14.6 Å². The zero-order valence-corrected chi connectivity index (χ0v) is 22.4. The Labute approximate surface area is 221 Å². The molecule has 1 N–H and O–H groups in total. The summed E-state index contributed by atoms with van der Waals surface area (Å²) < 4.78 is 17.8. The van der Waals surface area contributed by atoms with Crippen molar-refractivity contribution in [3.05, 3.63) is 86.2 Å². The number of hydrogen-bond donors (Lipinski definition) is 1. The largest absolute Gasteiger partial charge is 0.495 e. The van der Waals surface area contributed by atoms with E-state index in [1.165, 1.54) is 6.92 Å². The summed E-state index contributed by atoms with van der Waals surface area (Å²) in [5.41, 5.74) is 4.12. The van der Waals surface area contributed by atoms with Gasteiger partial charge in [-0.1, -0.05) is 6.07 Å². The monoisotopic (exact) mass is 597 g/mol. The number of esters is 1. The van der Waals surface area contributed by atoms with Crippen LogP contribution in [0.25, 0.3) is 11.0 Å². The molecule has 0 atom stereocenters. The van der Waals surface area contributed by atoms with Gasteiger partial charge in [0.2, 0.25) is 5.55 Å². The Morgan fingerprint density at radius 1 is 1.11 bits per heavy atom. The molecule has 2 aromatic carbocycles. The molecule has 0 aliphatic heterocycles. The van der Waals surface area contributed by atoms with Crippen LogP contribution in [0, 0.1) is 17.4 Å². The third-order valence-electron chi connectivity index (χ3n) is 5.39. The summed E-state index contributed by atoms with van der Waals surface area (Å²) in [6.45, 7) is 5.05. The Kier molecular flexibility index (Phi) is 7.68. The third kappa shape index (κ3) is 5.73. The van der Waals surface area contributed by atoms with Crippen LogP contribution in [-0.4, -0.2) is 24.0 Å². The SMILES string of the molecule is COc1ccc(C)cc1NC(=O)c1cc2c(COC(C)=O)cnc(C)c2oc1=Nc1ccc(I)cc1. The number of benzene rings is 2. The lowest BCUT2D eigenvalue weighted by molar-refractivity contribution is -0.142. The molecule has 8 nitrogen and oxygen atoms in total. The van der Waals surface area contributed by atoms with E-state index in [2.05, 4.69) is 37.9 Å². The molecule has 0 radical (unpaired) electrons. The molecular formula is C27H24IN3O5. The fourth-order valence-corrected chi connectivity index (χ4v) is 3.93. The molecule has 0 spiro atoms. The second kappa shape index (κ2) is 10.9. The first kappa shape index (κ1) is 25.4. The highest BCUT2D eigenvalue weighted by Gasteiger charge is 2.18. The standard InChI is InChI=1S/C27H24IN3O5/c1-15-5-10-24(34-4)23(11-15)31-26(33)22-12-21-18(14-35-17(3)32)13-29-16(2)25(21)36-27(22)30-20-8-6-19(28)7-9-20/h5-13H,14H2,1-4H3,(H,31,33).